The molecule has 1 aliphatic rings. The second-order valence-electron chi connectivity index (χ2n) is 9.90. The van der Waals surface area contributed by atoms with Gasteiger partial charge >= 0.3 is 0 Å². The van der Waals surface area contributed by atoms with Crippen LogP contribution in [0.2, 0.25) is 0 Å². The van der Waals surface area contributed by atoms with E-state index < -0.39 is 4.92 Å². The number of hydrogen-bond donors (Lipinski definition) is 0. The Bertz CT molecular complexity index is 1260. The first kappa shape index (κ1) is 27.0. The first-order chi connectivity index (χ1) is 18.4. The maximum atomic E-state index is 14.0. The first-order valence-electron chi connectivity index (χ1n) is 13.5. The molecule has 0 bridgehead atoms. The van der Waals surface area contributed by atoms with Crippen LogP contribution < -0.4 is 9.80 Å². The van der Waals surface area contributed by atoms with Crippen LogP contribution >= 0.6 is 0 Å². The lowest BCUT2D eigenvalue weighted by Gasteiger charge is -2.43. The Balaban J connectivity index is 1.68. The molecule has 2 unspecified atom stereocenters. The minimum atomic E-state index is -0.475. The third-order valence-corrected chi connectivity index (χ3v) is 7.21. The summed E-state index contributed by atoms with van der Waals surface area (Å²) in [6, 6.07) is 22.6. The molecule has 1 heterocycles. The summed E-state index contributed by atoms with van der Waals surface area (Å²) in [7, 11) is 0. The smallest absolute Gasteiger partial charge is 0.269 e. The highest BCUT2D eigenvalue weighted by Gasteiger charge is 2.38. The molecular weight excluding hydrogens is 478 g/mol. The number of nitrogens with zero attached hydrogens (tertiary/aromatic N) is 3. The van der Waals surface area contributed by atoms with Gasteiger partial charge in [0.05, 0.1) is 11.0 Å². The zero-order valence-electron chi connectivity index (χ0n) is 22.1. The summed E-state index contributed by atoms with van der Waals surface area (Å²) in [5.41, 5.74) is 2.80. The molecule has 0 aromatic heterocycles. The molecule has 4 rings (SSSR count). The number of hydrogen-bond acceptors (Lipinski definition) is 4. The van der Waals surface area contributed by atoms with Crippen molar-refractivity contribution in [1.82, 2.24) is 0 Å². The van der Waals surface area contributed by atoms with Crippen molar-refractivity contribution in [3.63, 3.8) is 0 Å². The number of carbonyl (C=O) groups excluding carboxylic acids is 2. The predicted octanol–water partition coefficient (Wildman–Crippen LogP) is 7.47. The first-order valence-corrected chi connectivity index (χ1v) is 13.5. The average Bonchev–Trinajstić information content (AvgIpc) is 2.93. The van der Waals surface area contributed by atoms with Gasteiger partial charge in [-0.15, -0.1) is 0 Å². The van der Waals surface area contributed by atoms with Crippen molar-refractivity contribution >= 4 is 28.9 Å². The number of benzene rings is 3. The van der Waals surface area contributed by atoms with Crippen molar-refractivity contribution in [2.24, 2.45) is 0 Å². The Morgan fingerprint density at radius 1 is 0.921 bits per heavy atom. The van der Waals surface area contributed by atoms with Gasteiger partial charge in [-0.3, -0.25) is 19.7 Å². The van der Waals surface area contributed by atoms with Gasteiger partial charge in [-0.1, -0.05) is 69.0 Å². The van der Waals surface area contributed by atoms with Crippen LogP contribution in [0.15, 0.2) is 78.9 Å². The topological polar surface area (TPSA) is 83.8 Å². The Labute approximate surface area is 224 Å². The number of fused-ring (bicyclic) bond motifs is 1. The number of rotatable bonds is 10. The van der Waals surface area contributed by atoms with Crippen LogP contribution in [0, 0.1) is 10.1 Å². The van der Waals surface area contributed by atoms with Crippen LogP contribution in [-0.4, -0.2) is 22.8 Å². The van der Waals surface area contributed by atoms with Crippen molar-refractivity contribution in [3.8, 4) is 0 Å². The van der Waals surface area contributed by atoms with Gasteiger partial charge in [0.2, 0.25) is 5.91 Å². The van der Waals surface area contributed by atoms with Gasteiger partial charge in [-0.25, -0.2) is 0 Å². The normalized spacial score (nSPS) is 16.5. The van der Waals surface area contributed by atoms with Crippen molar-refractivity contribution in [2.75, 3.05) is 9.80 Å². The van der Waals surface area contributed by atoms with E-state index in [2.05, 4.69) is 6.92 Å². The quantitative estimate of drug-likeness (QED) is 0.160. The molecule has 0 fully saturated rings. The van der Waals surface area contributed by atoms with E-state index in [1.54, 1.807) is 4.90 Å². The van der Waals surface area contributed by atoms with Gasteiger partial charge in [0.15, 0.2) is 0 Å². The molecule has 2 atom stereocenters. The molecule has 3 aromatic rings. The summed E-state index contributed by atoms with van der Waals surface area (Å²) in [5.74, 6) is -0.123. The minimum Gasteiger partial charge on any atom is -0.309 e. The zero-order valence-corrected chi connectivity index (χ0v) is 22.1. The largest absolute Gasteiger partial charge is 0.309 e. The predicted molar refractivity (Wildman–Crippen MR) is 150 cm³/mol. The molecule has 2 amide bonds. The maximum absolute atomic E-state index is 14.0. The number of anilines is 2. The molecule has 0 spiro atoms. The van der Waals surface area contributed by atoms with Gasteiger partial charge in [-0.2, -0.15) is 0 Å². The highest BCUT2D eigenvalue weighted by atomic mass is 16.6. The summed E-state index contributed by atoms with van der Waals surface area (Å²) < 4.78 is 0. The SMILES string of the molecule is CCCCCCCC(=O)N1c2ccccc2C(N(C(=O)c2ccc([N+](=O)[O-])cc2)c2ccccc2)CC1C. The fourth-order valence-corrected chi connectivity index (χ4v) is 5.30. The van der Waals surface area contributed by atoms with Crippen LogP contribution in [0.1, 0.15) is 80.8 Å². The fraction of sp³-hybridized carbons (Fsp3) is 0.355. The van der Waals surface area contributed by atoms with Crippen molar-refractivity contribution in [1.29, 1.82) is 0 Å². The summed E-state index contributed by atoms with van der Waals surface area (Å²) in [4.78, 5) is 41.7. The molecule has 0 radical (unpaired) electrons. The molecule has 3 aromatic carbocycles. The Morgan fingerprint density at radius 3 is 2.26 bits per heavy atom. The molecular formula is C31H35N3O4. The van der Waals surface area contributed by atoms with Gasteiger partial charge in [0, 0.05) is 41.5 Å². The van der Waals surface area contributed by atoms with Crippen LogP contribution in [0.25, 0.3) is 0 Å². The van der Waals surface area contributed by atoms with E-state index in [9.17, 15) is 19.7 Å². The molecule has 198 valence electrons. The fourth-order valence-electron chi connectivity index (χ4n) is 5.30. The van der Waals surface area contributed by atoms with Crippen molar-refractivity contribution in [2.45, 2.75) is 70.9 Å². The summed E-state index contributed by atoms with van der Waals surface area (Å²) in [6.45, 7) is 4.22. The number of nitro benzene ring substituents is 1. The molecule has 38 heavy (non-hydrogen) atoms. The van der Waals surface area contributed by atoms with E-state index in [1.165, 1.54) is 37.1 Å². The van der Waals surface area contributed by atoms with Crippen LogP contribution in [0.4, 0.5) is 17.1 Å². The van der Waals surface area contributed by atoms with E-state index in [4.69, 9.17) is 0 Å². The standard InChI is InChI=1S/C31H35N3O4/c1-3-4-5-6-10-17-30(35)32-23(2)22-29(27-15-11-12-16-28(27)32)33(25-13-8-7-9-14-25)31(36)24-18-20-26(21-19-24)34(37)38/h7-9,11-16,18-21,23,29H,3-6,10,17,22H2,1-2H3. The van der Waals surface area contributed by atoms with E-state index in [1.807, 2.05) is 66.4 Å². The lowest BCUT2D eigenvalue weighted by molar-refractivity contribution is -0.384. The van der Waals surface area contributed by atoms with Gasteiger partial charge in [0.1, 0.15) is 0 Å². The minimum absolute atomic E-state index is 0.0618. The van der Waals surface area contributed by atoms with Crippen molar-refractivity contribution in [3.05, 3.63) is 100 Å². The summed E-state index contributed by atoms with van der Waals surface area (Å²) in [6.07, 6.45) is 6.53. The Hall–Kier alpha value is -4.00. The second kappa shape index (κ2) is 12.5. The molecule has 7 nitrogen and oxygen atoms in total. The number of amides is 2. The Kier molecular flexibility index (Phi) is 8.89. The third-order valence-electron chi connectivity index (χ3n) is 7.21. The Morgan fingerprint density at radius 2 is 1.58 bits per heavy atom. The number of non-ortho nitro benzene ring substituents is 1. The van der Waals surface area contributed by atoms with Crippen LogP contribution in [0.3, 0.4) is 0 Å². The zero-order chi connectivity index (χ0) is 27.1. The molecule has 7 heteroatoms. The monoisotopic (exact) mass is 513 g/mol. The van der Waals surface area contributed by atoms with Crippen LogP contribution in [0.5, 0.6) is 0 Å². The lowest BCUT2D eigenvalue weighted by atomic mass is 9.89. The summed E-state index contributed by atoms with van der Waals surface area (Å²) >= 11 is 0. The third kappa shape index (κ3) is 5.93. The van der Waals surface area contributed by atoms with E-state index in [0.29, 0.717) is 18.4 Å². The molecule has 0 N–H and O–H groups in total. The second-order valence-corrected chi connectivity index (χ2v) is 9.90. The van der Waals surface area contributed by atoms with Gasteiger partial charge in [-0.05, 0) is 55.7 Å². The number of unbranched alkanes of at least 4 members (excludes halogenated alkanes) is 4. The van der Waals surface area contributed by atoms with Crippen LogP contribution in [-0.2, 0) is 4.79 Å². The highest BCUT2D eigenvalue weighted by Crippen LogP contribution is 2.43. The van der Waals surface area contributed by atoms with E-state index >= 15 is 0 Å². The van der Waals surface area contributed by atoms with Crippen molar-refractivity contribution < 1.29 is 14.5 Å². The molecule has 1 aliphatic heterocycles. The van der Waals surface area contributed by atoms with E-state index in [-0.39, 0.29) is 29.6 Å². The highest BCUT2D eigenvalue weighted by molar-refractivity contribution is 6.07. The summed E-state index contributed by atoms with van der Waals surface area (Å²) in [5, 5.41) is 11.1. The number of nitro groups is 1. The molecule has 0 saturated heterocycles. The maximum Gasteiger partial charge on any atom is 0.269 e. The van der Waals surface area contributed by atoms with Gasteiger partial charge in [0.25, 0.3) is 11.6 Å². The lowest BCUT2D eigenvalue weighted by Crippen LogP contribution is -2.47. The van der Waals surface area contributed by atoms with Gasteiger partial charge < -0.3 is 9.80 Å². The molecule has 0 saturated carbocycles. The molecule has 0 aliphatic carbocycles. The number of carbonyl (C=O) groups is 2. The average molecular weight is 514 g/mol. The van der Waals surface area contributed by atoms with E-state index in [0.717, 1.165) is 36.2 Å². The number of para-hydroxylation sites is 2.